The van der Waals surface area contributed by atoms with Crippen LogP contribution in [-0.2, 0) is 0 Å². The maximum Gasteiger partial charge on any atom is 0.146 e. The Labute approximate surface area is 145 Å². The van der Waals surface area contributed by atoms with E-state index in [1.54, 1.807) is 10.8 Å². The third-order valence-electron chi connectivity index (χ3n) is 4.38. The molecule has 0 radical (unpaired) electrons. The van der Waals surface area contributed by atoms with E-state index in [-0.39, 0.29) is 5.75 Å². The number of fused-ring (bicyclic) bond motifs is 1. The highest BCUT2D eigenvalue weighted by Gasteiger charge is 2.19. The summed E-state index contributed by atoms with van der Waals surface area (Å²) in [5, 5.41) is 10.5. The molecule has 4 rings (SSSR count). The first-order chi connectivity index (χ1) is 11.9. The van der Waals surface area contributed by atoms with E-state index in [1.807, 2.05) is 51.1 Å². The van der Waals surface area contributed by atoms with E-state index in [0.29, 0.717) is 17.2 Å². The van der Waals surface area contributed by atoms with Crippen LogP contribution >= 0.6 is 0 Å². The van der Waals surface area contributed by atoms with Crippen LogP contribution in [0.5, 0.6) is 5.75 Å². The van der Waals surface area contributed by atoms with Crippen LogP contribution in [0.25, 0.3) is 28.1 Å². The molecule has 0 saturated heterocycles. The van der Waals surface area contributed by atoms with Crippen molar-refractivity contribution in [2.45, 2.75) is 20.8 Å². The zero-order valence-corrected chi connectivity index (χ0v) is 14.5. The molecule has 0 bridgehead atoms. The van der Waals surface area contributed by atoms with Crippen LogP contribution in [0.3, 0.4) is 0 Å². The number of nitrogen functional groups attached to an aromatic ring is 1. The molecule has 0 aliphatic heterocycles. The normalized spacial score (nSPS) is 11.3. The van der Waals surface area contributed by atoms with Gasteiger partial charge < -0.3 is 15.8 Å². The molecule has 0 atom stereocenters. The summed E-state index contributed by atoms with van der Waals surface area (Å²) in [6.45, 7) is 6.11. The van der Waals surface area contributed by atoms with Crippen molar-refractivity contribution in [3.8, 4) is 22.8 Å². The summed E-state index contributed by atoms with van der Waals surface area (Å²) in [5.41, 5.74) is 13.0. The first kappa shape index (κ1) is 15.3. The third-order valence-corrected chi connectivity index (χ3v) is 4.38. The van der Waals surface area contributed by atoms with Gasteiger partial charge in [-0.3, -0.25) is 4.57 Å². The Balaban J connectivity index is 1.89. The number of aromatic nitrogens is 3. The summed E-state index contributed by atoms with van der Waals surface area (Å²) in [4.78, 5) is 7.84. The number of aromatic hydroxyl groups is 1. The number of nitrogens with one attached hydrogen (secondary N) is 1. The van der Waals surface area contributed by atoms with Crippen molar-refractivity contribution in [1.82, 2.24) is 14.5 Å². The van der Waals surface area contributed by atoms with E-state index < -0.39 is 0 Å². The summed E-state index contributed by atoms with van der Waals surface area (Å²) >= 11 is 0. The molecule has 2 heterocycles. The van der Waals surface area contributed by atoms with Gasteiger partial charge in [0.05, 0.1) is 17.2 Å². The quantitative estimate of drug-likeness (QED) is 0.514. The number of nitrogens with zero attached hydrogens (tertiary/aromatic N) is 2. The van der Waals surface area contributed by atoms with Crippen molar-refractivity contribution < 1.29 is 5.11 Å². The van der Waals surface area contributed by atoms with E-state index in [9.17, 15) is 5.11 Å². The molecule has 4 aromatic rings. The van der Waals surface area contributed by atoms with Crippen LogP contribution in [0, 0.1) is 20.8 Å². The number of nitrogens with two attached hydrogens (primary N) is 1. The highest BCUT2D eigenvalue weighted by atomic mass is 16.3. The Bertz CT molecular complexity index is 1080. The van der Waals surface area contributed by atoms with Crippen LogP contribution in [-0.4, -0.2) is 19.6 Å². The van der Waals surface area contributed by atoms with Gasteiger partial charge in [0.2, 0.25) is 0 Å². The fraction of sp³-hybridized carbons (Fsp3) is 0.150. The Morgan fingerprint density at radius 1 is 1.00 bits per heavy atom. The third kappa shape index (κ3) is 2.54. The van der Waals surface area contributed by atoms with E-state index in [1.165, 1.54) is 0 Å². The molecule has 126 valence electrons. The SMILES string of the molecule is Cc1cc(C)cc(-n2cc(O)c(-c3nc4ccc(C)cc4[nH]3)c2N)c1. The molecule has 0 saturated carbocycles. The zero-order chi connectivity index (χ0) is 17.7. The summed E-state index contributed by atoms with van der Waals surface area (Å²) < 4.78 is 1.79. The molecule has 2 aromatic carbocycles. The molecular formula is C20H20N4O. The number of aromatic amines is 1. The second kappa shape index (κ2) is 5.41. The average Bonchev–Trinajstić information content (AvgIpc) is 3.06. The molecule has 0 aliphatic rings. The second-order valence-corrected chi connectivity index (χ2v) is 6.60. The van der Waals surface area contributed by atoms with Gasteiger partial charge >= 0.3 is 0 Å². The summed E-state index contributed by atoms with van der Waals surface area (Å²) in [6.07, 6.45) is 1.64. The minimum Gasteiger partial charge on any atom is -0.505 e. The molecular weight excluding hydrogens is 312 g/mol. The molecule has 0 unspecified atom stereocenters. The minimum atomic E-state index is 0.104. The molecule has 4 N–H and O–H groups in total. The smallest absolute Gasteiger partial charge is 0.146 e. The Morgan fingerprint density at radius 2 is 1.72 bits per heavy atom. The Kier molecular flexibility index (Phi) is 3.32. The number of hydrogen-bond donors (Lipinski definition) is 3. The van der Waals surface area contributed by atoms with E-state index >= 15 is 0 Å². The first-order valence-corrected chi connectivity index (χ1v) is 8.17. The standard InChI is InChI=1S/C20H20N4O/c1-11-4-5-15-16(9-11)23-20(22-15)18-17(25)10-24(19(18)21)14-7-12(2)6-13(3)8-14/h4-10,25H,21H2,1-3H3,(H,22,23). The highest BCUT2D eigenvalue weighted by Crippen LogP contribution is 2.37. The second-order valence-electron chi connectivity index (χ2n) is 6.60. The van der Waals surface area contributed by atoms with Gasteiger partial charge in [-0.25, -0.2) is 4.98 Å². The topological polar surface area (TPSA) is 79.9 Å². The molecule has 5 heteroatoms. The van der Waals surface area contributed by atoms with Gasteiger partial charge in [0.1, 0.15) is 23.0 Å². The van der Waals surface area contributed by atoms with E-state index in [4.69, 9.17) is 5.73 Å². The molecule has 0 amide bonds. The number of benzene rings is 2. The largest absolute Gasteiger partial charge is 0.505 e. The van der Waals surface area contributed by atoms with Crippen LogP contribution in [0.1, 0.15) is 16.7 Å². The fourth-order valence-corrected chi connectivity index (χ4v) is 3.30. The molecule has 0 spiro atoms. The van der Waals surface area contributed by atoms with Gasteiger partial charge in [-0.1, -0.05) is 12.1 Å². The van der Waals surface area contributed by atoms with Crippen molar-refractivity contribution >= 4 is 16.9 Å². The number of hydrogen-bond acceptors (Lipinski definition) is 3. The number of rotatable bonds is 2. The molecule has 2 aromatic heterocycles. The van der Waals surface area contributed by atoms with Crippen LogP contribution < -0.4 is 5.73 Å². The number of imidazole rings is 1. The van der Waals surface area contributed by atoms with Gasteiger partial charge in [0, 0.05) is 5.69 Å². The molecule has 25 heavy (non-hydrogen) atoms. The van der Waals surface area contributed by atoms with Crippen molar-refractivity contribution in [3.63, 3.8) is 0 Å². The van der Waals surface area contributed by atoms with Crippen molar-refractivity contribution in [3.05, 3.63) is 59.3 Å². The van der Waals surface area contributed by atoms with Crippen LogP contribution in [0.4, 0.5) is 5.82 Å². The maximum absolute atomic E-state index is 10.5. The van der Waals surface area contributed by atoms with Gasteiger partial charge in [-0.15, -0.1) is 0 Å². The van der Waals surface area contributed by atoms with E-state index in [2.05, 4.69) is 16.0 Å². The minimum absolute atomic E-state index is 0.104. The molecule has 5 nitrogen and oxygen atoms in total. The Hall–Kier alpha value is -3.21. The maximum atomic E-state index is 10.5. The summed E-state index contributed by atoms with van der Waals surface area (Å²) in [7, 11) is 0. The number of H-pyrrole nitrogens is 1. The molecule has 0 aliphatic carbocycles. The Morgan fingerprint density at radius 3 is 2.44 bits per heavy atom. The average molecular weight is 332 g/mol. The number of anilines is 1. The fourth-order valence-electron chi connectivity index (χ4n) is 3.30. The van der Waals surface area contributed by atoms with Crippen molar-refractivity contribution in [2.75, 3.05) is 5.73 Å². The summed E-state index contributed by atoms with van der Waals surface area (Å²) in [6, 6.07) is 12.2. The van der Waals surface area contributed by atoms with Crippen LogP contribution in [0.15, 0.2) is 42.6 Å². The highest BCUT2D eigenvalue weighted by molar-refractivity contribution is 5.85. The lowest BCUT2D eigenvalue weighted by Crippen LogP contribution is -2.00. The van der Waals surface area contributed by atoms with Gasteiger partial charge in [0.25, 0.3) is 0 Å². The van der Waals surface area contributed by atoms with Crippen molar-refractivity contribution in [2.24, 2.45) is 0 Å². The monoisotopic (exact) mass is 332 g/mol. The zero-order valence-electron chi connectivity index (χ0n) is 14.5. The lowest BCUT2D eigenvalue weighted by atomic mass is 10.1. The van der Waals surface area contributed by atoms with Gasteiger partial charge in [-0.2, -0.15) is 0 Å². The van der Waals surface area contributed by atoms with Gasteiger partial charge in [0.15, 0.2) is 0 Å². The lowest BCUT2D eigenvalue weighted by molar-refractivity contribution is 0.477. The van der Waals surface area contributed by atoms with Gasteiger partial charge in [-0.05, 0) is 61.7 Å². The lowest BCUT2D eigenvalue weighted by Gasteiger charge is -2.08. The summed E-state index contributed by atoms with van der Waals surface area (Å²) in [5.74, 6) is 1.13. The van der Waals surface area contributed by atoms with Crippen molar-refractivity contribution in [1.29, 1.82) is 0 Å². The van der Waals surface area contributed by atoms with Crippen LogP contribution in [0.2, 0.25) is 0 Å². The molecule has 0 fully saturated rings. The predicted octanol–water partition coefficient (Wildman–Crippen LogP) is 4.23. The predicted molar refractivity (Wildman–Crippen MR) is 101 cm³/mol. The van der Waals surface area contributed by atoms with E-state index in [0.717, 1.165) is 33.4 Å². The first-order valence-electron chi connectivity index (χ1n) is 8.17. The number of aryl methyl sites for hydroxylation is 3.